The number of amides is 1. The third-order valence-corrected chi connectivity index (χ3v) is 4.76. The zero-order chi connectivity index (χ0) is 18.8. The molecule has 0 saturated carbocycles. The Morgan fingerprint density at radius 1 is 1.11 bits per heavy atom. The molecule has 0 aliphatic carbocycles. The van der Waals surface area contributed by atoms with Crippen LogP contribution in [0.4, 0.5) is 10.3 Å². The molecule has 27 heavy (non-hydrogen) atoms. The number of fused-ring (bicyclic) bond motifs is 1. The summed E-state index contributed by atoms with van der Waals surface area (Å²) < 4.78 is 20.8. The van der Waals surface area contributed by atoms with Crippen molar-refractivity contribution in [2.45, 2.75) is 6.42 Å². The van der Waals surface area contributed by atoms with Gasteiger partial charge in [-0.05, 0) is 36.8 Å². The van der Waals surface area contributed by atoms with Crippen LogP contribution in [-0.4, -0.2) is 58.7 Å². The Balaban J connectivity index is 1.50. The predicted molar refractivity (Wildman–Crippen MR) is 98.7 cm³/mol. The van der Waals surface area contributed by atoms with Gasteiger partial charge < -0.3 is 14.5 Å². The fourth-order valence-corrected chi connectivity index (χ4v) is 3.35. The van der Waals surface area contributed by atoms with Crippen molar-refractivity contribution in [2.75, 3.05) is 38.2 Å². The van der Waals surface area contributed by atoms with Crippen molar-refractivity contribution in [3.05, 3.63) is 54.0 Å². The van der Waals surface area contributed by atoms with Gasteiger partial charge in [0.25, 0.3) is 5.91 Å². The van der Waals surface area contributed by atoms with Gasteiger partial charge in [0.2, 0.25) is 5.95 Å². The van der Waals surface area contributed by atoms with Crippen molar-refractivity contribution in [3.63, 3.8) is 0 Å². The van der Waals surface area contributed by atoms with E-state index in [9.17, 15) is 9.18 Å². The van der Waals surface area contributed by atoms with Crippen LogP contribution in [0, 0.1) is 5.82 Å². The smallest absolute Gasteiger partial charge is 0.254 e. The summed E-state index contributed by atoms with van der Waals surface area (Å²) in [6.45, 7) is 2.56. The topological polar surface area (TPSA) is 63.0 Å². The third-order valence-electron chi connectivity index (χ3n) is 4.76. The largest absolute Gasteiger partial charge is 0.494 e. The van der Waals surface area contributed by atoms with Crippen molar-refractivity contribution < 1.29 is 13.9 Å². The normalized spacial score (nSPS) is 15.0. The van der Waals surface area contributed by atoms with Crippen molar-refractivity contribution in [1.82, 2.24) is 19.5 Å². The van der Waals surface area contributed by atoms with E-state index >= 15 is 0 Å². The number of benzene rings is 1. The predicted octanol–water partition coefficient (Wildman–Crippen LogP) is 2.23. The van der Waals surface area contributed by atoms with Crippen LogP contribution in [0.25, 0.3) is 5.65 Å². The van der Waals surface area contributed by atoms with Gasteiger partial charge in [-0.25, -0.2) is 4.39 Å². The Kier molecular flexibility index (Phi) is 4.62. The molecule has 1 aliphatic rings. The van der Waals surface area contributed by atoms with E-state index in [1.54, 1.807) is 11.0 Å². The molecule has 0 bridgehead atoms. The second-order valence-corrected chi connectivity index (χ2v) is 6.41. The van der Waals surface area contributed by atoms with Crippen LogP contribution < -0.4 is 9.64 Å². The highest BCUT2D eigenvalue weighted by Crippen LogP contribution is 2.20. The molecular weight excluding hydrogens is 349 g/mol. The first kappa shape index (κ1) is 17.3. The summed E-state index contributed by atoms with van der Waals surface area (Å²) in [6, 6.07) is 10.1. The zero-order valence-corrected chi connectivity index (χ0v) is 15.0. The maximum absolute atomic E-state index is 13.9. The van der Waals surface area contributed by atoms with Gasteiger partial charge in [-0.1, -0.05) is 6.07 Å². The number of nitrogens with zero attached hydrogens (tertiary/aromatic N) is 5. The Morgan fingerprint density at radius 2 is 2.00 bits per heavy atom. The summed E-state index contributed by atoms with van der Waals surface area (Å²) in [5, 5.41) is 8.48. The Hall–Kier alpha value is -3.16. The number of hydrogen-bond donors (Lipinski definition) is 0. The van der Waals surface area contributed by atoms with Gasteiger partial charge in [-0.15, -0.1) is 10.2 Å². The molecule has 0 N–H and O–H groups in total. The number of aromatic nitrogens is 3. The second kappa shape index (κ2) is 7.22. The van der Waals surface area contributed by atoms with Gasteiger partial charge in [0.1, 0.15) is 0 Å². The second-order valence-electron chi connectivity index (χ2n) is 6.41. The molecule has 1 aliphatic heterocycles. The molecule has 1 fully saturated rings. The molecule has 7 nitrogen and oxygen atoms in total. The van der Waals surface area contributed by atoms with E-state index in [1.165, 1.54) is 19.2 Å². The summed E-state index contributed by atoms with van der Waals surface area (Å²) >= 11 is 0. The molecule has 0 atom stereocenters. The molecule has 3 heterocycles. The van der Waals surface area contributed by atoms with Gasteiger partial charge in [0.05, 0.1) is 7.11 Å². The lowest BCUT2D eigenvalue weighted by molar-refractivity contribution is 0.0766. The highest BCUT2D eigenvalue weighted by atomic mass is 19.1. The first-order valence-corrected chi connectivity index (χ1v) is 8.85. The summed E-state index contributed by atoms with van der Waals surface area (Å²) in [6.07, 6.45) is 2.73. The van der Waals surface area contributed by atoms with Gasteiger partial charge >= 0.3 is 0 Å². The minimum atomic E-state index is -0.533. The summed E-state index contributed by atoms with van der Waals surface area (Å²) in [5.41, 5.74) is 1.12. The van der Waals surface area contributed by atoms with Crippen LogP contribution in [0.1, 0.15) is 16.8 Å². The monoisotopic (exact) mass is 369 g/mol. The Labute approximate surface area is 156 Å². The average molecular weight is 369 g/mol. The first-order chi connectivity index (χ1) is 13.2. The molecular formula is C19H20FN5O2. The molecule has 3 aromatic rings. The minimum Gasteiger partial charge on any atom is -0.494 e. The first-order valence-electron chi connectivity index (χ1n) is 8.85. The van der Waals surface area contributed by atoms with Crippen LogP contribution in [0.5, 0.6) is 5.75 Å². The van der Waals surface area contributed by atoms with Crippen molar-refractivity contribution in [3.8, 4) is 5.75 Å². The highest BCUT2D eigenvalue weighted by molar-refractivity contribution is 5.94. The van der Waals surface area contributed by atoms with E-state index in [1.807, 2.05) is 28.8 Å². The van der Waals surface area contributed by atoms with Crippen molar-refractivity contribution in [1.29, 1.82) is 0 Å². The molecule has 8 heteroatoms. The fourth-order valence-electron chi connectivity index (χ4n) is 3.35. The van der Waals surface area contributed by atoms with E-state index in [2.05, 4.69) is 15.1 Å². The molecule has 0 unspecified atom stereocenters. The zero-order valence-electron chi connectivity index (χ0n) is 15.0. The van der Waals surface area contributed by atoms with Crippen molar-refractivity contribution in [2.24, 2.45) is 0 Å². The number of ether oxygens (including phenoxy) is 1. The fraction of sp³-hybridized carbons (Fsp3) is 0.316. The minimum absolute atomic E-state index is 0.132. The number of halogens is 1. The van der Waals surface area contributed by atoms with Crippen molar-refractivity contribution >= 4 is 17.5 Å². The molecule has 0 radical (unpaired) electrons. The molecule has 1 amide bonds. The molecule has 0 spiro atoms. The average Bonchev–Trinajstić information content (AvgIpc) is 2.97. The quantitative estimate of drug-likeness (QED) is 0.709. The van der Waals surface area contributed by atoms with Crippen LogP contribution in [0.2, 0.25) is 0 Å². The molecule has 140 valence electrons. The molecule has 1 aromatic carbocycles. The maximum atomic E-state index is 13.9. The lowest BCUT2D eigenvalue weighted by Gasteiger charge is -2.22. The van der Waals surface area contributed by atoms with E-state index in [-0.39, 0.29) is 11.7 Å². The standard InChI is InChI=1S/C19H20FN5O2/c1-27-16-7-6-14(13-15(16)20)18(26)23-8-4-9-24(12-11-23)19-22-21-17-5-2-3-10-25(17)19/h2-3,5-7,10,13H,4,8-9,11-12H2,1H3. The summed E-state index contributed by atoms with van der Waals surface area (Å²) in [5.74, 6) is 0.196. The number of carbonyl (C=O) groups excluding carboxylic acids is 1. The number of methoxy groups -OCH3 is 1. The SMILES string of the molecule is COc1ccc(C(=O)N2CCCN(c3nnc4ccccn34)CC2)cc1F. The maximum Gasteiger partial charge on any atom is 0.254 e. The van der Waals surface area contributed by atoms with E-state index in [4.69, 9.17) is 4.74 Å². The molecule has 1 saturated heterocycles. The van der Waals surface area contributed by atoms with Gasteiger partial charge in [-0.2, -0.15) is 0 Å². The Morgan fingerprint density at radius 3 is 2.81 bits per heavy atom. The van der Waals surface area contributed by atoms with Crippen LogP contribution in [-0.2, 0) is 0 Å². The van der Waals surface area contributed by atoms with Gasteiger partial charge in [0, 0.05) is 37.9 Å². The lowest BCUT2D eigenvalue weighted by atomic mass is 10.1. The van der Waals surface area contributed by atoms with Crippen LogP contribution in [0.3, 0.4) is 0 Å². The molecule has 2 aromatic heterocycles. The Bertz CT molecular complexity index is 974. The number of rotatable bonds is 3. The summed E-state index contributed by atoms with van der Waals surface area (Å²) in [7, 11) is 1.40. The lowest BCUT2D eigenvalue weighted by Crippen LogP contribution is -2.35. The van der Waals surface area contributed by atoms with Gasteiger partial charge in [0.15, 0.2) is 17.2 Å². The highest BCUT2D eigenvalue weighted by Gasteiger charge is 2.23. The third kappa shape index (κ3) is 3.30. The summed E-state index contributed by atoms with van der Waals surface area (Å²) in [4.78, 5) is 16.7. The van der Waals surface area contributed by atoms with E-state index in [0.717, 1.165) is 24.6 Å². The molecule has 4 rings (SSSR count). The van der Waals surface area contributed by atoms with Crippen LogP contribution in [0.15, 0.2) is 42.6 Å². The van der Waals surface area contributed by atoms with Crippen LogP contribution >= 0.6 is 0 Å². The van der Waals surface area contributed by atoms with E-state index < -0.39 is 5.82 Å². The van der Waals surface area contributed by atoms with E-state index in [0.29, 0.717) is 25.2 Å². The number of pyridine rings is 1. The number of carbonyl (C=O) groups is 1. The van der Waals surface area contributed by atoms with Gasteiger partial charge in [-0.3, -0.25) is 9.20 Å². The number of hydrogen-bond acceptors (Lipinski definition) is 5. The number of anilines is 1.